The molecule has 0 atom stereocenters. The summed E-state index contributed by atoms with van der Waals surface area (Å²) in [6.45, 7) is 7.75. The highest BCUT2D eigenvalue weighted by atomic mass is 15.0. The van der Waals surface area contributed by atoms with Crippen LogP contribution in [-0.4, -0.2) is 5.54 Å². The molecule has 0 bridgehead atoms. The second-order valence-electron chi connectivity index (χ2n) is 3.27. The van der Waals surface area contributed by atoms with E-state index in [1.54, 1.807) is 0 Å². The van der Waals surface area contributed by atoms with Gasteiger partial charge in [0, 0.05) is 17.8 Å². The third-order valence-electron chi connectivity index (χ3n) is 1.56. The fourth-order valence-electron chi connectivity index (χ4n) is 0.942. The highest BCUT2D eigenvalue weighted by molar-refractivity contribution is 5.26. The molecule has 10 heavy (non-hydrogen) atoms. The van der Waals surface area contributed by atoms with Crippen molar-refractivity contribution in [1.82, 2.24) is 5.32 Å². The van der Waals surface area contributed by atoms with Gasteiger partial charge in [-0.05, 0) is 13.8 Å². The lowest BCUT2D eigenvalue weighted by Crippen LogP contribution is -2.38. The Morgan fingerprint density at radius 2 is 2.30 bits per heavy atom. The van der Waals surface area contributed by atoms with Gasteiger partial charge >= 0.3 is 0 Å². The van der Waals surface area contributed by atoms with Crippen molar-refractivity contribution in [2.75, 3.05) is 0 Å². The van der Waals surface area contributed by atoms with Gasteiger partial charge in [-0.25, -0.2) is 0 Å². The molecule has 3 N–H and O–H groups in total. The van der Waals surface area contributed by atoms with Gasteiger partial charge in [-0.1, -0.05) is 12.7 Å². The summed E-state index contributed by atoms with van der Waals surface area (Å²) in [6.07, 6.45) is 3.00. The molecule has 0 aromatic heterocycles. The molecule has 0 spiro atoms. The molecule has 1 rings (SSSR count). The molecule has 0 saturated carbocycles. The molecule has 0 amide bonds. The molecule has 1 heterocycles. The van der Waals surface area contributed by atoms with Gasteiger partial charge in [0.2, 0.25) is 0 Å². The van der Waals surface area contributed by atoms with E-state index in [1.165, 1.54) is 0 Å². The maximum Gasteiger partial charge on any atom is 0.0501 e. The molecule has 0 radical (unpaired) electrons. The molecule has 1 aliphatic heterocycles. The Morgan fingerprint density at radius 3 is 2.50 bits per heavy atom. The van der Waals surface area contributed by atoms with Gasteiger partial charge in [0.15, 0.2) is 0 Å². The minimum Gasteiger partial charge on any atom is -0.361 e. The SMILES string of the molecule is C=C1CC=C(C(C)(C)N)N1. The molecule has 0 saturated heterocycles. The summed E-state index contributed by atoms with van der Waals surface area (Å²) in [5.74, 6) is 0. The van der Waals surface area contributed by atoms with E-state index in [2.05, 4.69) is 18.0 Å². The summed E-state index contributed by atoms with van der Waals surface area (Å²) < 4.78 is 0. The Bertz CT molecular complexity index is 184. The summed E-state index contributed by atoms with van der Waals surface area (Å²) in [5.41, 5.74) is 7.70. The summed E-state index contributed by atoms with van der Waals surface area (Å²) in [5, 5.41) is 3.14. The zero-order valence-electron chi connectivity index (χ0n) is 6.57. The zero-order valence-corrected chi connectivity index (χ0v) is 6.57. The van der Waals surface area contributed by atoms with Gasteiger partial charge in [0.25, 0.3) is 0 Å². The average molecular weight is 138 g/mol. The minimum absolute atomic E-state index is 0.251. The lowest BCUT2D eigenvalue weighted by molar-refractivity contribution is 0.583. The fraction of sp³-hybridized carbons (Fsp3) is 0.500. The fourth-order valence-corrected chi connectivity index (χ4v) is 0.942. The molecule has 1 aliphatic rings. The summed E-state index contributed by atoms with van der Waals surface area (Å²) in [4.78, 5) is 0. The van der Waals surface area contributed by atoms with Crippen LogP contribution in [0.4, 0.5) is 0 Å². The first-order valence-electron chi connectivity index (χ1n) is 3.44. The minimum atomic E-state index is -0.251. The first-order chi connectivity index (χ1) is 4.50. The maximum atomic E-state index is 5.83. The Kier molecular flexibility index (Phi) is 1.57. The van der Waals surface area contributed by atoms with Crippen molar-refractivity contribution in [2.24, 2.45) is 5.73 Å². The largest absolute Gasteiger partial charge is 0.361 e. The lowest BCUT2D eigenvalue weighted by Gasteiger charge is -2.20. The van der Waals surface area contributed by atoms with E-state index >= 15 is 0 Å². The van der Waals surface area contributed by atoms with Crippen LogP contribution in [-0.2, 0) is 0 Å². The third kappa shape index (κ3) is 1.39. The van der Waals surface area contributed by atoms with Crippen LogP contribution < -0.4 is 11.1 Å². The molecular formula is C8H14N2. The van der Waals surface area contributed by atoms with Gasteiger partial charge in [0.1, 0.15) is 0 Å². The number of nitrogens with one attached hydrogen (secondary N) is 1. The molecule has 0 fully saturated rings. The van der Waals surface area contributed by atoms with Crippen molar-refractivity contribution < 1.29 is 0 Å². The third-order valence-corrected chi connectivity index (χ3v) is 1.56. The van der Waals surface area contributed by atoms with Crippen molar-refractivity contribution in [3.63, 3.8) is 0 Å². The van der Waals surface area contributed by atoms with Crippen LogP contribution in [0.25, 0.3) is 0 Å². The van der Waals surface area contributed by atoms with Gasteiger partial charge < -0.3 is 11.1 Å². The average Bonchev–Trinajstić information content (AvgIpc) is 2.11. The highest BCUT2D eigenvalue weighted by Gasteiger charge is 2.20. The van der Waals surface area contributed by atoms with Crippen LogP contribution >= 0.6 is 0 Å². The number of nitrogens with two attached hydrogens (primary N) is 1. The topological polar surface area (TPSA) is 38.0 Å². The molecule has 2 nitrogen and oxygen atoms in total. The Morgan fingerprint density at radius 1 is 1.70 bits per heavy atom. The van der Waals surface area contributed by atoms with Crippen molar-refractivity contribution in [1.29, 1.82) is 0 Å². The van der Waals surface area contributed by atoms with Crippen LogP contribution in [0, 0.1) is 0 Å². The smallest absolute Gasteiger partial charge is 0.0501 e. The molecule has 56 valence electrons. The quantitative estimate of drug-likeness (QED) is 0.569. The van der Waals surface area contributed by atoms with Crippen molar-refractivity contribution in [3.8, 4) is 0 Å². The predicted molar refractivity (Wildman–Crippen MR) is 43.2 cm³/mol. The lowest BCUT2D eigenvalue weighted by atomic mass is 10.0. The first-order valence-corrected chi connectivity index (χ1v) is 3.44. The number of hydrogen-bond donors (Lipinski definition) is 2. The van der Waals surface area contributed by atoms with E-state index in [4.69, 9.17) is 5.73 Å². The van der Waals surface area contributed by atoms with E-state index in [0.29, 0.717) is 0 Å². The van der Waals surface area contributed by atoms with E-state index in [1.807, 2.05) is 13.8 Å². The maximum absolute atomic E-state index is 5.83. The van der Waals surface area contributed by atoms with Crippen molar-refractivity contribution in [2.45, 2.75) is 25.8 Å². The Hall–Kier alpha value is -0.760. The number of allylic oxidation sites excluding steroid dienone is 1. The normalized spacial score (nSPS) is 18.7. The van der Waals surface area contributed by atoms with Gasteiger partial charge in [-0.3, -0.25) is 0 Å². The van der Waals surface area contributed by atoms with Crippen molar-refractivity contribution >= 4 is 0 Å². The van der Waals surface area contributed by atoms with Crippen molar-refractivity contribution in [3.05, 3.63) is 24.0 Å². The van der Waals surface area contributed by atoms with Gasteiger partial charge in [-0.2, -0.15) is 0 Å². The van der Waals surface area contributed by atoms with Crippen LogP contribution in [0.15, 0.2) is 24.0 Å². The van der Waals surface area contributed by atoms with E-state index in [0.717, 1.165) is 17.8 Å². The van der Waals surface area contributed by atoms with E-state index < -0.39 is 0 Å². The Balaban J connectivity index is 2.69. The number of rotatable bonds is 1. The molecule has 0 unspecified atom stereocenters. The highest BCUT2D eigenvalue weighted by Crippen LogP contribution is 2.18. The Labute approximate surface area is 61.8 Å². The number of hydrogen-bond acceptors (Lipinski definition) is 2. The van der Waals surface area contributed by atoms with Gasteiger partial charge in [0.05, 0.1) is 5.54 Å². The molecule has 0 aliphatic carbocycles. The zero-order chi connectivity index (χ0) is 7.78. The van der Waals surface area contributed by atoms with Crippen LogP contribution in [0.2, 0.25) is 0 Å². The molecule has 0 aromatic rings. The van der Waals surface area contributed by atoms with E-state index in [-0.39, 0.29) is 5.54 Å². The summed E-state index contributed by atoms with van der Waals surface area (Å²) in [6, 6.07) is 0. The molecule has 0 aromatic carbocycles. The van der Waals surface area contributed by atoms with Gasteiger partial charge in [-0.15, -0.1) is 0 Å². The predicted octanol–water partition coefficient (Wildman–Crippen LogP) is 1.11. The molecular weight excluding hydrogens is 124 g/mol. The van der Waals surface area contributed by atoms with E-state index in [9.17, 15) is 0 Å². The van der Waals surface area contributed by atoms with Crippen LogP contribution in [0.5, 0.6) is 0 Å². The van der Waals surface area contributed by atoms with Crippen LogP contribution in [0.3, 0.4) is 0 Å². The summed E-state index contributed by atoms with van der Waals surface area (Å²) in [7, 11) is 0. The second kappa shape index (κ2) is 2.13. The monoisotopic (exact) mass is 138 g/mol. The first kappa shape index (κ1) is 7.35. The standard InChI is InChI=1S/C8H14N2/c1-6-4-5-7(10-6)8(2,3)9/h5,10H,1,4,9H2,2-3H3. The molecule has 2 heteroatoms. The summed E-state index contributed by atoms with van der Waals surface area (Å²) >= 11 is 0. The second-order valence-corrected chi connectivity index (χ2v) is 3.27. The van der Waals surface area contributed by atoms with Crippen LogP contribution in [0.1, 0.15) is 20.3 Å².